The molecule has 0 radical (unpaired) electrons. The number of carbonyl (C=O) groups excluding carboxylic acids is 1. The van der Waals surface area contributed by atoms with Gasteiger partial charge in [-0.05, 0) is 39.2 Å². The number of piperidine rings is 1. The molecule has 4 nitrogen and oxygen atoms in total. The molecule has 0 saturated carbocycles. The van der Waals surface area contributed by atoms with Crippen LogP contribution in [-0.4, -0.2) is 61.0 Å². The molecule has 0 aliphatic carbocycles. The summed E-state index contributed by atoms with van der Waals surface area (Å²) in [6.45, 7) is 10.4. The fourth-order valence-corrected chi connectivity index (χ4v) is 2.89. The molecule has 1 amide bonds. The predicted octanol–water partition coefficient (Wildman–Crippen LogP) is 1.24. The standard InChI is InChI=1S/C15H27N3O/c1-11(2)18-7-5-14(6-8-18)17(4)15(19)12(3)13-9-16-10-13/h11,14,16H,5-10H2,1-4H3. The fraction of sp³-hybridized carbons (Fsp3) is 0.800. The summed E-state index contributed by atoms with van der Waals surface area (Å²) in [4.78, 5) is 16.9. The number of nitrogens with zero attached hydrogens (tertiary/aromatic N) is 2. The minimum Gasteiger partial charge on any atom is -0.339 e. The number of nitrogens with one attached hydrogen (secondary N) is 1. The molecule has 108 valence electrons. The molecule has 2 saturated heterocycles. The second kappa shape index (κ2) is 6.06. The third-order valence-corrected chi connectivity index (χ3v) is 4.63. The van der Waals surface area contributed by atoms with Gasteiger partial charge in [0.2, 0.25) is 5.91 Å². The Morgan fingerprint density at radius 3 is 2.32 bits per heavy atom. The van der Waals surface area contributed by atoms with Crippen molar-refractivity contribution in [1.29, 1.82) is 0 Å². The van der Waals surface area contributed by atoms with Gasteiger partial charge in [-0.15, -0.1) is 0 Å². The van der Waals surface area contributed by atoms with Crippen molar-refractivity contribution in [2.24, 2.45) is 0 Å². The van der Waals surface area contributed by atoms with E-state index in [4.69, 9.17) is 0 Å². The Balaban J connectivity index is 1.90. The van der Waals surface area contributed by atoms with Crippen LogP contribution in [0.25, 0.3) is 0 Å². The van der Waals surface area contributed by atoms with Gasteiger partial charge in [0.05, 0.1) is 0 Å². The molecule has 0 aromatic heterocycles. The van der Waals surface area contributed by atoms with Crippen LogP contribution < -0.4 is 5.32 Å². The Labute approximate surface area is 116 Å². The molecule has 0 aromatic carbocycles. The van der Waals surface area contributed by atoms with Crippen LogP contribution in [0.1, 0.15) is 33.6 Å². The van der Waals surface area contributed by atoms with E-state index in [2.05, 4.69) is 24.1 Å². The van der Waals surface area contributed by atoms with Crippen LogP contribution in [0.15, 0.2) is 11.1 Å². The second-order valence-corrected chi connectivity index (χ2v) is 6.11. The summed E-state index contributed by atoms with van der Waals surface area (Å²) in [7, 11) is 1.97. The highest BCUT2D eigenvalue weighted by atomic mass is 16.2. The SMILES string of the molecule is CC(C(=O)N(C)C1CCN(C(C)C)CC1)=C1CNC1. The zero-order chi connectivity index (χ0) is 14.0. The molecule has 4 heteroatoms. The van der Waals surface area contributed by atoms with Crippen LogP contribution in [0, 0.1) is 0 Å². The van der Waals surface area contributed by atoms with E-state index in [1.54, 1.807) is 0 Å². The molecule has 0 bridgehead atoms. The molecule has 19 heavy (non-hydrogen) atoms. The van der Waals surface area contributed by atoms with E-state index in [1.165, 1.54) is 5.57 Å². The van der Waals surface area contributed by atoms with Gasteiger partial charge in [0.15, 0.2) is 0 Å². The van der Waals surface area contributed by atoms with Crippen molar-refractivity contribution >= 4 is 5.91 Å². The number of likely N-dealkylation sites (tertiary alicyclic amines) is 1. The van der Waals surface area contributed by atoms with Gasteiger partial charge < -0.3 is 15.1 Å². The normalized spacial score (nSPS) is 21.4. The van der Waals surface area contributed by atoms with Crippen molar-refractivity contribution in [3.63, 3.8) is 0 Å². The number of likely N-dealkylation sites (N-methyl/N-ethyl adjacent to an activating group) is 1. The lowest BCUT2D eigenvalue weighted by Gasteiger charge is -2.39. The lowest BCUT2D eigenvalue weighted by Crippen LogP contribution is -2.48. The summed E-state index contributed by atoms with van der Waals surface area (Å²) >= 11 is 0. The van der Waals surface area contributed by atoms with Gasteiger partial charge in [0, 0.05) is 50.9 Å². The summed E-state index contributed by atoms with van der Waals surface area (Å²) in [6, 6.07) is 1.03. The lowest BCUT2D eigenvalue weighted by atomic mass is 9.99. The molecule has 0 aromatic rings. The Morgan fingerprint density at radius 2 is 1.89 bits per heavy atom. The Hall–Kier alpha value is -0.870. The molecule has 1 N–H and O–H groups in total. The molecule has 2 aliphatic rings. The van der Waals surface area contributed by atoms with E-state index in [-0.39, 0.29) is 5.91 Å². The maximum Gasteiger partial charge on any atom is 0.249 e. The maximum atomic E-state index is 12.4. The van der Waals surface area contributed by atoms with Gasteiger partial charge in [0.25, 0.3) is 0 Å². The first-order valence-electron chi connectivity index (χ1n) is 7.41. The van der Waals surface area contributed by atoms with Crippen molar-refractivity contribution in [1.82, 2.24) is 15.1 Å². The van der Waals surface area contributed by atoms with E-state index >= 15 is 0 Å². The highest BCUT2D eigenvalue weighted by molar-refractivity contribution is 5.94. The third kappa shape index (κ3) is 3.18. The highest BCUT2D eigenvalue weighted by Gasteiger charge is 2.28. The smallest absolute Gasteiger partial charge is 0.249 e. The van der Waals surface area contributed by atoms with Gasteiger partial charge >= 0.3 is 0 Å². The third-order valence-electron chi connectivity index (χ3n) is 4.63. The zero-order valence-electron chi connectivity index (χ0n) is 12.7. The van der Waals surface area contributed by atoms with Gasteiger partial charge in [-0.25, -0.2) is 0 Å². The summed E-state index contributed by atoms with van der Waals surface area (Å²) in [5, 5.41) is 3.20. The predicted molar refractivity (Wildman–Crippen MR) is 78.1 cm³/mol. The van der Waals surface area contributed by atoms with E-state index in [9.17, 15) is 4.79 Å². The Bertz CT molecular complexity index is 362. The van der Waals surface area contributed by atoms with Gasteiger partial charge in [-0.1, -0.05) is 0 Å². The van der Waals surface area contributed by atoms with Crippen molar-refractivity contribution in [3.05, 3.63) is 11.1 Å². The van der Waals surface area contributed by atoms with Crippen molar-refractivity contribution in [2.45, 2.75) is 45.7 Å². The topological polar surface area (TPSA) is 35.6 Å². The lowest BCUT2D eigenvalue weighted by molar-refractivity contribution is -0.128. The van der Waals surface area contributed by atoms with Gasteiger partial charge in [-0.2, -0.15) is 0 Å². The maximum absolute atomic E-state index is 12.4. The van der Waals surface area contributed by atoms with Crippen LogP contribution in [0.4, 0.5) is 0 Å². The Kier molecular flexibility index (Phi) is 4.63. The summed E-state index contributed by atoms with van der Waals surface area (Å²) < 4.78 is 0. The van der Waals surface area contributed by atoms with Crippen LogP contribution in [-0.2, 0) is 4.79 Å². The first kappa shape index (κ1) is 14.5. The number of rotatable bonds is 3. The highest BCUT2D eigenvalue weighted by Crippen LogP contribution is 2.20. The molecule has 2 fully saturated rings. The largest absolute Gasteiger partial charge is 0.339 e. The molecule has 0 atom stereocenters. The van der Waals surface area contributed by atoms with Crippen molar-refractivity contribution in [3.8, 4) is 0 Å². The van der Waals surface area contributed by atoms with Crippen molar-refractivity contribution < 1.29 is 4.79 Å². The first-order chi connectivity index (χ1) is 9.00. The summed E-state index contributed by atoms with van der Waals surface area (Å²) in [6.07, 6.45) is 2.20. The van der Waals surface area contributed by atoms with Crippen molar-refractivity contribution in [2.75, 3.05) is 33.2 Å². The summed E-state index contributed by atoms with van der Waals surface area (Å²) in [5.74, 6) is 0.222. The minimum absolute atomic E-state index is 0.222. The van der Waals surface area contributed by atoms with E-state index in [1.807, 2.05) is 18.9 Å². The quantitative estimate of drug-likeness (QED) is 0.780. The molecular formula is C15H27N3O. The second-order valence-electron chi connectivity index (χ2n) is 6.11. The number of amides is 1. The summed E-state index contributed by atoms with van der Waals surface area (Å²) in [5.41, 5.74) is 2.23. The van der Waals surface area contributed by atoms with Crippen LogP contribution in [0.5, 0.6) is 0 Å². The fourth-order valence-electron chi connectivity index (χ4n) is 2.89. The molecule has 2 heterocycles. The van der Waals surface area contributed by atoms with E-state index in [0.29, 0.717) is 12.1 Å². The van der Waals surface area contributed by atoms with Gasteiger partial charge in [-0.3, -0.25) is 4.79 Å². The monoisotopic (exact) mass is 265 g/mol. The Morgan fingerprint density at radius 1 is 1.32 bits per heavy atom. The number of hydrogen-bond donors (Lipinski definition) is 1. The molecule has 2 rings (SSSR count). The molecule has 2 aliphatic heterocycles. The molecule has 0 spiro atoms. The van der Waals surface area contributed by atoms with Crippen LogP contribution in [0.2, 0.25) is 0 Å². The van der Waals surface area contributed by atoms with Crippen LogP contribution in [0.3, 0.4) is 0 Å². The molecular weight excluding hydrogens is 238 g/mol. The minimum atomic E-state index is 0.222. The number of carbonyl (C=O) groups is 1. The number of hydrogen-bond acceptors (Lipinski definition) is 3. The zero-order valence-corrected chi connectivity index (χ0v) is 12.7. The average molecular weight is 265 g/mol. The molecule has 0 unspecified atom stereocenters. The van der Waals surface area contributed by atoms with Crippen LogP contribution >= 0.6 is 0 Å². The average Bonchev–Trinajstić information content (AvgIpc) is 2.35. The van der Waals surface area contributed by atoms with E-state index < -0.39 is 0 Å². The van der Waals surface area contributed by atoms with Gasteiger partial charge in [0.1, 0.15) is 0 Å². The first-order valence-corrected chi connectivity index (χ1v) is 7.41. The van der Waals surface area contributed by atoms with E-state index in [0.717, 1.165) is 44.6 Å².